The first kappa shape index (κ1) is 14.9. The molecule has 0 saturated heterocycles. The van der Waals surface area contributed by atoms with Crippen molar-refractivity contribution in [2.75, 3.05) is 0 Å². The standard InChI is InChI=1S/C11H18N2O4S/c1-8-4-3-5-11(6-8,10(14)15)13-18(16,17)9(2)7-12/h8-9,13H,3-6H2,1-2H3,(H,14,15). The first-order valence-corrected chi connectivity index (χ1v) is 7.44. The maximum atomic E-state index is 11.8. The largest absolute Gasteiger partial charge is 0.480 e. The number of carbonyl (C=O) groups is 1. The molecular formula is C11H18N2O4S. The topological polar surface area (TPSA) is 107 Å². The second-order valence-electron chi connectivity index (χ2n) is 5.01. The van der Waals surface area contributed by atoms with E-state index in [1.165, 1.54) is 6.92 Å². The average Bonchev–Trinajstić information content (AvgIpc) is 2.27. The van der Waals surface area contributed by atoms with Crippen LogP contribution in [-0.4, -0.2) is 30.3 Å². The van der Waals surface area contributed by atoms with E-state index in [1.807, 2.05) is 6.92 Å². The van der Waals surface area contributed by atoms with Crippen molar-refractivity contribution in [3.8, 4) is 6.07 Å². The fraction of sp³-hybridized carbons (Fsp3) is 0.818. The van der Waals surface area contributed by atoms with Crippen LogP contribution in [0.4, 0.5) is 0 Å². The van der Waals surface area contributed by atoms with Crippen LogP contribution in [0.3, 0.4) is 0 Å². The summed E-state index contributed by atoms with van der Waals surface area (Å²) < 4.78 is 25.9. The molecule has 102 valence electrons. The van der Waals surface area contributed by atoms with E-state index in [0.29, 0.717) is 6.42 Å². The number of hydrogen-bond donors (Lipinski definition) is 2. The van der Waals surface area contributed by atoms with Gasteiger partial charge in [0, 0.05) is 0 Å². The first-order valence-electron chi connectivity index (χ1n) is 5.89. The molecule has 1 aliphatic rings. The van der Waals surface area contributed by atoms with Gasteiger partial charge in [-0.1, -0.05) is 19.8 Å². The fourth-order valence-electron chi connectivity index (χ4n) is 2.31. The van der Waals surface area contributed by atoms with E-state index in [1.54, 1.807) is 6.07 Å². The van der Waals surface area contributed by atoms with E-state index in [4.69, 9.17) is 5.26 Å². The molecule has 18 heavy (non-hydrogen) atoms. The van der Waals surface area contributed by atoms with Crippen LogP contribution in [0.25, 0.3) is 0 Å². The van der Waals surface area contributed by atoms with Crippen molar-refractivity contribution in [2.24, 2.45) is 5.92 Å². The van der Waals surface area contributed by atoms with Gasteiger partial charge in [-0.15, -0.1) is 0 Å². The molecule has 1 saturated carbocycles. The number of nitrogens with one attached hydrogen (secondary N) is 1. The average molecular weight is 274 g/mol. The maximum absolute atomic E-state index is 11.8. The summed E-state index contributed by atoms with van der Waals surface area (Å²) in [5, 5.41) is 16.7. The Morgan fingerprint density at radius 1 is 1.61 bits per heavy atom. The quantitative estimate of drug-likeness (QED) is 0.790. The lowest BCUT2D eigenvalue weighted by atomic mass is 9.77. The smallest absolute Gasteiger partial charge is 0.324 e. The lowest BCUT2D eigenvalue weighted by molar-refractivity contribution is -0.146. The molecule has 1 fully saturated rings. The highest BCUT2D eigenvalue weighted by molar-refractivity contribution is 7.90. The van der Waals surface area contributed by atoms with Gasteiger partial charge in [0.15, 0.2) is 5.25 Å². The van der Waals surface area contributed by atoms with Crippen molar-refractivity contribution in [1.29, 1.82) is 5.26 Å². The van der Waals surface area contributed by atoms with E-state index < -0.39 is 26.8 Å². The molecule has 0 aromatic heterocycles. The van der Waals surface area contributed by atoms with Gasteiger partial charge in [0.25, 0.3) is 0 Å². The van der Waals surface area contributed by atoms with Crippen molar-refractivity contribution in [2.45, 2.75) is 50.3 Å². The second-order valence-corrected chi connectivity index (χ2v) is 7.01. The molecule has 0 aliphatic heterocycles. The SMILES string of the molecule is CC1CCCC(NS(=O)(=O)C(C)C#N)(C(=O)O)C1. The molecule has 2 N–H and O–H groups in total. The second kappa shape index (κ2) is 5.24. The molecule has 0 radical (unpaired) electrons. The number of carboxylic acid groups (broad SMARTS) is 1. The number of sulfonamides is 1. The van der Waals surface area contributed by atoms with Crippen molar-refractivity contribution in [3.05, 3.63) is 0 Å². The van der Waals surface area contributed by atoms with Gasteiger partial charge >= 0.3 is 5.97 Å². The molecule has 3 unspecified atom stereocenters. The molecule has 1 aliphatic carbocycles. The number of hydrogen-bond acceptors (Lipinski definition) is 4. The number of aliphatic carboxylic acids is 1. The highest BCUT2D eigenvalue weighted by atomic mass is 32.2. The molecule has 0 heterocycles. The van der Waals surface area contributed by atoms with Gasteiger partial charge in [0.2, 0.25) is 10.0 Å². The van der Waals surface area contributed by atoms with Crippen LogP contribution in [0, 0.1) is 17.2 Å². The molecule has 0 aromatic carbocycles. The number of nitrogens with zero attached hydrogens (tertiary/aromatic N) is 1. The zero-order valence-corrected chi connectivity index (χ0v) is 11.3. The Kier molecular flexibility index (Phi) is 4.35. The Morgan fingerprint density at radius 2 is 2.22 bits per heavy atom. The van der Waals surface area contributed by atoms with E-state index in [-0.39, 0.29) is 18.8 Å². The third-order valence-corrected chi connectivity index (χ3v) is 5.10. The highest BCUT2D eigenvalue weighted by Crippen LogP contribution is 2.33. The summed E-state index contributed by atoms with van der Waals surface area (Å²) in [6.07, 6.45) is 2.09. The van der Waals surface area contributed by atoms with E-state index in [9.17, 15) is 18.3 Å². The molecule has 0 spiro atoms. The van der Waals surface area contributed by atoms with Crippen molar-refractivity contribution >= 4 is 16.0 Å². The molecule has 3 atom stereocenters. The monoisotopic (exact) mass is 274 g/mol. The van der Waals surface area contributed by atoms with Crippen molar-refractivity contribution in [3.63, 3.8) is 0 Å². The van der Waals surface area contributed by atoms with Gasteiger partial charge in [-0.05, 0) is 25.7 Å². The fourth-order valence-corrected chi connectivity index (χ4v) is 3.44. The van der Waals surface area contributed by atoms with E-state index >= 15 is 0 Å². The van der Waals surface area contributed by atoms with Gasteiger partial charge in [-0.25, -0.2) is 8.42 Å². The summed E-state index contributed by atoms with van der Waals surface area (Å²) in [5.74, 6) is -1.02. The Labute approximate surface area is 107 Å². The summed E-state index contributed by atoms with van der Waals surface area (Å²) >= 11 is 0. The van der Waals surface area contributed by atoms with Crippen LogP contribution in [0.5, 0.6) is 0 Å². The number of carboxylic acids is 1. The summed E-state index contributed by atoms with van der Waals surface area (Å²) in [7, 11) is -3.93. The predicted octanol–water partition coefficient (Wildman–Crippen LogP) is 0.851. The van der Waals surface area contributed by atoms with Gasteiger partial charge in [-0.2, -0.15) is 9.98 Å². The number of nitriles is 1. The maximum Gasteiger partial charge on any atom is 0.324 e. The van der Waals surface area contributed by atoms with Gasteiger partial charge < -0.3 is 5.11 Å². The minimum absolute atomic E-state index is 0.148. The third-order valence-electron chi connectivity index (χ3n) is 3.39. The zero-order valence-electron chi connectivity index (χ0n) is 10.5. The molecule has 0 amide bonds. The predicted molar refractivity (Wildman–Crippen MR) is 65.1 cm³/mol. The van der Waals surface area contributed by atoms with Crippen LogP contribution in [0.1, 0.15) is 39.5 Å². The van der Waals surface area contributed by atoms with Crippen LogP contribution >= 0.6 is 0 Å². The molecular weight excluding hydrogens is 256 g/mol. The zero-order chi connectivity index (χ0) is 14.0. The summed E-state index contributed by atoms with van der Waals surface area (Å²) in [6.45, 7) is 3.14. The minimum atomic E-state index is -3.93. The van der Waals surface area contributed by atoms with Crippen LogP contribution in [-0.2, 0) is 14.8 Å². The van der Waals surface area contributed by atoms with Crippen LogP contribution < -0.4 is 4.72 Å². The highest BCUT2D eigenvalue weighted by Gasteiger charge is 2.45. The molecule has 1 rings (SSSR count). The Morgan fingerprint density at radius 3 is 2.67 bits per heavy atom. The Hall–Kier alpha value is -1.13. The van der Waals surface area contributed by atoms with Crippen molar-refractivity contribution in [1.82, 2.24) is 4.72 Å². The molecule has 0 aromatic rings. The van der Waals surface area contributed by atoms with E-state index in [2.05, 4.69) is 4.72 Å². The minimum Gasteiger partial charge on any atom is -0.480 e. The van der Waals surface area contributed by atoms with Gasteiger partial charge in [-0.3, -0.25) is 4.79 Å². The third kappa shape index (κ3) is 3.00. The summed E-state index contributed by atoms with van der Waals surface area (Å²) in [6, 6.07) is 1.62. The van der Waals surface area contributed by atoms with Crippen LogP contribution in [0.2, 0.25) is 0 Å². The molecule has 7 heteroatoms. The first-order chi connectivity index (χ1) is 8.23. The van der Waals surface area contributed by atoms with Crippen LogP contribution in [0.15, 0.2) is 0 Å². The molecule has 0 bridgehead atoms. The lowest BCUT2D eigenvalue weighted by Gasteiger charge is -2.36. The summed E-state index contributed by atoms with van der Waals surface area (Å²) in [5.41, 5.74) is -1.46. The summed E-state index contributed by atoms with van der Waals surface area (Å²) in [4.78, 5) is 11.4. The van der Waals surface area contributed by atoms with Gasteiger partial charge in [0.05, 0.1) is 6.07 Å². The normalized spacial score (nSPS) is 30.4. The van der Waals surface area contributed by atoms with Crippen molar-refractivity contribution < 1.29 is 18.3 Å². The van der Waals surface area contributed by atoms with Gasteiger partial charge in [0.1, 0.15) is 5.54 Å². The lowest BCUT2D eigenvalue weighted by Crippen LogP contribution is -2.58. The van der Waals surface area contributed by atoms with E-state index in [0.717, 1.165) is 6.42 Å². The Bertz CT molecular complexity index is 468. The number of rotatable bonds is 4. The Balaban J connectivity index is 3.02. The molecule has 6 nitrogen and oxygen atoms in total.